The highest BCUT2D eigenvalue weighted by Gasteiger charge is 2.61. The average Bonchev–Trinajstić information content (AvgIpc) is 3.55. The normalized spacial score (nSPS) is 25.4. The van der Waals surface area contributed by atoms with Gasteiger partial charge in [-0.25, -0.2) is 4.79 Å². The number of hydrogen-bond donors (Lipinski definition) is 0. The number of benzene rings is 2. The molecule has 7 heteroatoms. The van der Waals surface area contributed by atoms with Crippen LogP contribution < -0.4 is 4.74 Å². The molecule has 2 aromatic rings. The van der Waals surface area contributed by atoms with Crippen LogP contribution in [0.25, 0.3) is 0 Å². The van der Waals surface area contributed by atoms with Crippen molar-refractivity contribution in [2.24, 2.45) is 23.7 Å². The van der Waals surface area contributed by atoms with E-state index in [0.29, 0.717) is 11.3 Å². The standard InChI is InChI=1S/C27H25NO6/c1-33-20-9-5-8-17(14-20)22(29)15-34-27(32)21(12-16-6-3-2-4-7-16)28-25(30)23-18-10-11-19(13-18)24(23)26(28)31/h2-11,14,18-19,21,23-24H,12-13,15H2,1H3/t18-,19-,21+,23-,24-/m0/s1. The van der Waals surface area contributed by atoms with Crippen LogP contribution >= 0.6 is 0 Å². The van der Waals surface area contributed by atoms with E-state index in [2.05, 4.69) is 0 Å². The monoisotopic (exact) mass is 459 g/mol. The van der Waals surface area contributed by atoms with Crippen molar-refractivity contribution < 1.29 is 28.7 Å². The molecule has 1 aliphatic heterocycles. The third-order valence-electron chi connectivity index (χ3n) is 7.10. The molecule has 2 fully saturated rings. The zero-order valence-electron chi connectivity index (χ0n) is 18.8. The van der Waals surface area contributed by atoms with Crippen LogP contribution in [0.1, 0.15) is 22.3 Å². The van der Waals surface area contributed by atoms with E-state index in [1.54, 1.807) is 24.3 Å². The molecule has 3 aliphatic rings. The van der Waals surface area contributed by atoms with Crippen LogP contribution in [0.2, 0.25) is 0 Å². The quantitative estimate of drug-likeness (QED) is 0.261. The van der Waals surface area contributed by atoms with Crippen LogP contribution in [-0.4, -0.2) is 48.2 Å². The van der Waals surface area contributed by atoms with Gasteiger partial charge < -0.3 is 9.47 Å². The molecule has 7 nitrogen and oxygen atoms in total. The van der Waals surface area contributed by atoms with Crippen molar-refractivity contribution in [3.05, 3.63) is 77.9 Å². The first-order valence-corrected chi connectivity index (χ1v) is 11.4. The van der Waals surface area contributed by atoms with Gasteiger partial charge in [-0.15, -0.1) is 0 Å². The molecule has 2 aliphatic carbocycles. The van der Waals surface area contributed by atoms with Crippen molar-refractivity contribution in [1.29, 1.82) is 0 Å². The summed E-state index contributed by atoms with van der Waals surface area (Å²) in [6.07, 6.45) is 4.96. The summed E-state index contributed by atoms with van der Waals surface area (Å²) in [5.41, 5.74) is 1.14. The number of allylic oxidation sites excluding steroid dienone is 2. The Morgan fingerprint density at radius 3 is 2.29 bits per heavy atom. The molecule has 34 heavy (non-hydrogen) atoms. The number of carbonyl (C=O) groups excluding carboxylic acids is 4. The Morgan fingerprint density at radius 1 is 0.971 bits per heavy atom. The van der Waals surface area contributed by atoms with E-state index in [1.807, 2.05) is 42.5 Å². The molecule has 2 amide bonds. The zero-order chi connectivity index (χ0) is 23.8. The molecular weight excluding hydrogens is 434 g/mol. The largest absolute Gasteiger partial charge is 0.497 e. The summed E-state index contributed by atoms with van der Waals surface area (Å²) < 4.78 is 10.5. The van der Waals surface area contributed by atoms with Crippen LogP contribution in [-0.2, 0) is 25.5 Å². The first-order valence-electron chi connectivity index (χ1n) is 11.4. The number of Topliss-reactive ketones (excluding diaryl/α,β-unsaturated/α-hetero) is 1. The number of methoxy groups -OCH3 is 1. The highest BCUT2D eigenvalue weighted by atomic mass is 16.5. The van der Waals surface area contributed by atoms with Crippen LogP contribution in [0.4, 0.5) is 0 Å². The van der Waals surface area contributed by atoms with Gasteiger partial charge in [-0.05, 0) is 36.0 Å². The average molecular weight is 459 g/mol. The molecule has 5 rings (SSSR count). The molecule has 2 bridgehead atoms. The number of ketones is 1. The predicted molar refractivity (Wildman–Crippen MR) is 122 cm³/mol. The summed E-state index contributed by atoms with van der Waals surface area (Å²) in [5, 5.41) is 0. The fourth-order valence-corrected chi connectivity index (χ4v) is 5.46. The number of imide groups is 1. The van der Waals surface area contributed by atoms with E-state index in [9.17, 15) is 19.2 Å². The lowest BCUT2D eigenvalue weighted by molar-refractivity contribution is -0.158. The number of likely N-dealkylation sites (tertiary alicyclic amines) is 1. The molecule has 2 aromatic carbocycles. The number of carbonyl (C=O) groups is 4. The number of nitrogens with zero attached hydrogens (tertiary/aromatic N) is 1. The lowest BCUT2D eigenvalue weighted by Gasteiger charge is -2.26. The van der Waals surface area contributed by atoms with Crippen LogP contribution in [0.3, 0.4) is 0 Å². The molecule has 1 heterocycles. The molecule has 0 spiro atoms. The van der Waals surface area contributed by atoms with Crippen molar-refractivity contribution in [2.45, 2.75) is 18.9 Å². The van der Waals surface area contributed by atoms with Gasteiger partial charge >= 0.3 is 5.97 Å². The highest BCUT2D eigenvalue weighted by molar-refractivity contribution is 6.09. The van der Waals surface area contributed by atoms with E-state index in [-0.39, 0.29) is 30.1 Å². The summed E-state index contributed by atoms with van der Waals surface area (Å²) in [6.45, 7) is -0.493. The fraction of sp³-hybridized carbons (Fsp3) is 0.333. The summed E-state index contributed by atoms with van der Waals surface area (Å²) in [4.78, 5) is 53.6. The Balaban J connectivity index is 1.36. The van der Waals surface area contributed by atoms with Gasteiger partial charge in [0.25, 0.3) is 0 Å². The van der Waals surface area contributed by atoms with E-state index < -0.39 is 36.2 Å². The Bertz CT molecular complexity index is 1140. The molecule has 174 valence electrons. The Morgan fingerprint density at radius 2 is 1.65 bits per heavy atom. The maximum absolute atomic E-state index is 13.3. The summed E-state index contributed by atoms with van der Waals surface area (Å²) in [5.74, 6) is -2.01. The lowest BCUT2D eigenvalue weighted by atomic mass is 9.85. The highest BCUT2D eigenvalue weighted by Crippen LogP contribution is 2.53. The van der Waals surface area contributed by atoms with Gasteiger partial charge in [0.1, 0.15) is 11.8 Å². The molecule has 0 unspecified atom stereocenters. The molecule has 1 saturated carbocycles. The van der Waals surface area contributed by atoms with Gasteiger partial charge in [0.2, 0.25) is 11.8 Å². The van der Waals surface area contributed by atoms with Gasteiger partial charge in [-0.1, -0.05) is 54.6 Å². The smallest absolute Gasteiger partial charge is 0.330 e. The van der Waals surface area contributed by atoms with E-state index in [4.69, 9.17) is 9.47 Å². The minimum Gasteiger partial charge on any atom is -0.497 e. The maximum atomic E-state index is 13.3. The van der Waals surface area contributed by atoms with Crippen molar-refractivity contribution in [3.8, 4) is 5.75 Å². The Kier molecular flexibility index (Phi) is 5.77. The van der Waals surface area contributed by atoms with Gasteiger partial charge in [0, 0.05) is 12.0 Å². The van der Waals surface area contributed by atoms with E-state index >= 15 is 0 Å². The maximum Gasteiger partial charge on any atom is 0.330 e. The van der Waals surface area contributed by atoms with Crippen molar-refractivity contribution in [3.63, 3.8) is 0 Å². The van der Waals surface area contributed by atoms with Crippen molar-refractivity contribution >= 4 is 23.6 Å². The van der Waals surface area contributed by atoms with Crippen LogP contribution in [0, 0.1) is 23.7 Å². The first-order chi connectivity index (χ1) is 16.5. The Labute approximate surface area is 197 Å². The third-order valence-corrected chi connectivity index (χ3v) is 7.10. The first kappa shape index (κ1) is 22.1. The number of ether oxygens (including phenoxy) is 2. The topological polar surface area (TPSA) is 90.0 Å². The number of rotatable bonds is 8. The minimum atomic E-state index is -1.12. The fourth-order valence-electron chi connectivity index (χ4n) is 5.46. The van der Waals surface area contributed by atoms with Gasteiger partial charge in [0.05, 0.1) is 18.9 Å². The molecule has 0 radical (unpaired) electrons. The summed E-state index contributed by atoms with van der Waals surface area (Å²) >= 11 is 0. The SMILES string of the molecule is COc1cccc(C(=O)COC(=O)[C@@H](Cc2ccccc2)N2C(=O)[C@@H]3[C@@H](C2=O)[C@H]2C=C[C@H]3C2)c1. The van der Waals surface area contributed by atoms with Crippen LogP contribution in [0.5, 0.6) is 5.75 Å². The van der Waals surface area contributed by atoms with E-state index in [0.717, 1.165) is 16.9 Å². The zero-order valence-corrected chi connectivity index (χ0v) is 18.8. The summed E-state index contributed by atoms with van der Waals surface area (Å²) in [6, 6.07) is 14.6. The second kappa shape index (κ2) is 8.89. The molecular formula is C27H25NO6. The second-order valence-corrected chi connectivity index (χ2v) is 9.01. The second-order valence-electron chi connectivity index (χ2n) is 9.01. The molecule has 0 N–H and O–H groups in total. The third kappa shape index (κ3) is 3.81. The van der Waals surface area contributed by atoms with Crippen LogP contribution in [0.15, 0.2) is 66.7 Å². The predicted octanol–water partition coefficient (Wildman–Crippen LogP) is 2.84. The van der Waals surface area contributed by atoms with Crippen molar-refractivity contribution in [2.75, 3.05) is 13.7 Å². The van der Waals surface area contributed by atoms with Gasteiger partial charge in [0.15, 0.2) is 12.4 Å². The Hall–Kier alpha value is -3.74. The van der Waals surface area contributed by atoms with Gasteiger partial charge in [-0.2, -0.15) is 0 Å². The number of hydrogen-bond acceptors (Lipinski definition) is 6. The lowest BCUT2D eigenvalue weighted by Crippen LogP contribution is -2.48. The molecule has 0 aromatic heterocycles. The summed E-state index contributed by atoms with van der Waals surface area (Å²) in [7, 11) is 1.50. The van der Waals surface area contributed by atoms with Crippen molar-refractivity contribution in [1.82, 2.24) is 4.90 Å². The van der Waals surface area contributed by atoms with Gasteiger partial charge in [-0.3, -0.25) is 19.3 Å². The number of amides is 2. The number of esters is 1. The molecule has 1 saturated heterocycles. The number of fused-ring (bicyclic) bond motifs is 5. The van der Waals surface area contributed by atoms with E-state index in [1.165, 1.54) is 7.11 Å². The molecule has 5 atom stereocenters. The minimum absolute atomic E-state index is 0.0412.